The van der Waals surface area contributed by atoms with Gasteiger partial charge in [0.15, 0.2) is 0 Å². The van der Waals surface area contributed by atoms with Crippen LogP contribution in [0.1, 0.15) is 32.3 Å². The van der Waals surface area contributed by atoms with E-state index in [1.54, 1.807) is 0 Å². The van der Waals surface area contributed by atoms with Crippen molar-refractivity contribution in [1.29, 1.82) is 0 Å². The van der Waals surface area contributed by atoms with E-state index in [1.165, 1.54) is 42.9 Å². The van der Waals surface area contributed by atoms with E-state index in [-0.39, 0.29) is 0 Å². The third-order valence-corrected chi connectivity index (χ3v) is 3.13. The van der Waals surface area contributed by atoms with Gasteiger partial charge < -0.3 is 10.2 Å². The smallest absolute Gasteiger partial charge is 0.0373 e. The first kappa shape index (κ1) is 11.3. The number of rotatable bonds is 3. The molecule has 2 rings (SSSR count). The van der Waals surface area contributed by atoms with Crippen LogP contribution in [-0.4, -0.2) is 19.1 Å². The van der Waals surface area contributed by atoms with Crippen LogP contribution in [0.3, 0.4) is 0 Å². The highest BCUT2D eigenvalue weighted by Gasteiger charge is 2.12. The van der Waals surface area contributed by atoms with Crippen LogP contribution in [0.4, 0.5) is 11.4 Å². The predicted octanol–water partition coefficient (Wildman–Crippen LogP) is 3.42. The van der Waals surface area contributed by atoms with Crippen LogP contribution < -0.4 is 10.2 Å². The van der Waals surface area contributed by atoms with Crippen LogP contribution in [0.2, 0.25) is 0 Å². The molecule has 0 aromatic heterocycles. The van der Waals surface area contributed by atoms with Crippen molar-refractivity contribution >= 4 is 11.4 Å². The molecular weight excluding hydrogens is 196 g/mol. The predicted molar refractivity (Wildman–Crippen MR) is 71.4 cm³/mol. The molecule has 0 amide bonds. The zero-order valence-electron chi connectivity index (χ0n) is 10.6. The SMILES string of the molecule is Cc1cc(N2CCCC2)ccc1NC(C)C. The summed E-state index contributed by atoms with van der Waals surface area (Å²) in [4.78, 5) is 2.48. The van der Waals surface area contributed by atoms with Crippen LogP contribution in [0.5, 0.6) is 0 Å². The molecule has 1 saturated heterocycles. The second-order valence-electron chi connectivity index (χ2n) is 4.99. The van der Waals surface area contributed by atoms with Crippen LogP contribution in [0, 0.1) is 6.92 Å². The fraction of sp³-hybridized carbons (Fsp3) is 0.571. The molecule has 1 aliphatic heterocycles. The highest BCUT2D eigenvalue weighted by molar-refractivity contribution is 5.60. The molecule has 1 fully saturated rings. The third-order valence-electron chi connectivity index (χ3n) is 3.13. The van der Waals surface area contributed by atoms with E-state index in [0.717, 1.165) is 0 Å². The Kier molecular flexibility index (Phi) is 3.37. The Labute approximate surface area is 98.7 Å². The van der Waals surface area contributed by atoms with Crippen molar-refractivity contribution < 1.29 is 0 Å². The number of nitrogens with one attached hydrogen (secondary N) is 1. The average Bonchev–Trinajstić information content (AvgIpc) is 2.73. The quantitative estimate of drug-likeness (QED) is 0.836. The number of anilines is 2. The maximum Gasteiger partial charge on any atom is 0.0373 e. The molecule has 0 spiro atoms. The second kappa shape index (κ2) is 4.77. The molecule has 0 saturated carbocycles. The van der Waals surface area contributed by atoms with E-state index in [1.807, 2.05) is 0 Å². The van der Waals surface area contributed by atoms with Crippen molar-refractivity contribution in [1.82, 2.24) is 0 Å². The van der Waals surface area contributed by atoms with Crippen molar-refractivity contribution in [3.63, 3.8) is 0 Å². The first-order valence-electron chi connectivity index (χ1n) is 6.29. The Hall–Kier alpha value is -1.18. The van der Waals surface area contributed by atoms with Gasteiger partial charge in [-0.15, -0.1) is 0 Å². The first-order chi connectivity index (χ1) is 7.66. The Bertz CT molecular complexity index is 352. The normalized spacial score (nSPS) is 15.9. The third kappa shape index (κ3) is 2.49. The molecule has 0 radical (unpaired) electrons. The Morgan fingerprint density at radius 3 is 2.44 bits per heavy atom. The largest absolute Gasteiger partial charge is 0.383 e. The molecule has 16 heavy (non-hydrogen) atoms. The highest BCUT2D eigenvalue weighted by atomic mass is 15.1. The number of hydrogen-bond donors (Lipinski definition) is 1. The summed E-state index contributed by atoms with van der Waals surface area (Å²) in [5.41, 5.74) is 3.99. The number of aryl methyl sites for hydroxylation is 1. The van der Waals surface area contributed by atoms with Crippen molar-refractivity contribution in [3.05, 3.63) is 23.8 Å². The van der Waals surface area contributed by atoms with E-state index in [2.05, 4.69) is 49.2 Å². The fourth-order valence-electron chi connectivity index (χ4n) is 2.29. The molecule has 1 N–H and O–H groups in total. The van der Waals surface area contributed by atoms with Gasteiger partial charge in [-0.2, -0.15) is 0 Å². The Morgan fingerprint density at radius 1 is 1.19 bits per heavy atom. The zero-order valence-corrected chi connectivity index (χ0v) is 10.6. The zero-order chi connectivity index (χ0) is 11.5. The van der Waals surface area contributed by atoms with Crippen molar-refractivity contribution in [2.75, 3.05) is 23.3 Å². The van der Waals surface area contributed by atoms with Gasteiger partial charge in [-0.05, 0) is 57.4 Å². The minimum atomic E-state index is 0.497. The van der Waals surface area contributed by atoms with Crippen LogP contribution in [-0.2, 0) is 0 Å². The average molecular weight is 218 g/mol. The monoisotopic (exact) mass is 218 g/mol. The van der Waals surface area contributed by atoms with E-state index >= 15 is 0 Å². The van der Waals surface area contributed by atoms with Gasteiger partial charge in [-0.25, -0.2) is 0 Å². The summed E-state index contributed by atoms with van der Waals surface area (Å²) in [6.07, 6.45) is 2.68. The maximum atomic E-state index is 3.47. The number of hydrogen-bond acceptors (Lipinski definition) is 2. The van der Waals surface area contributed by atoms with Gasteiger partial charge in [0, 0.05) is 30.5 Å². The number of nitrogens with zero attached hydrogens (tertiary/aromatic N) is 1. The molecule has 88 valence electrons. The summed E-state index contributed by atoms with van der Waals surface area (Å²) in [5.74, 6) is 0. The lowest BCUT2D eigenvalue weighted by molar-refractivity contribution is 0.896. The summed E-state index contributed by atoms with van der Waals surface area (Å²) in [5, 5.41) is 3.47. The summed E-state index contributed by atoms with van der Waals surface area (Å²) in [7, 11) is 0. The summed E-state index contributed by atoms with van der Waals surface area (Å²) in [6.45, 7) is 8.97. The van der Waals surface area contributed by atoms with Gasteiger partial charge in [0.1, 0.15) is 0 Å². The van der Waals surface area contributed by atoms with E-state index < -0.39 is 0 Å². The summed E-state index contributed by atoms with van der Waals surface area (Å²) >= 11 is 0. The molecule has 1 aliphatic rings. The van der Waals surface area contributed by atoms with E-state index in [9.17, 15) is 0 Å². The molecule has 1 aromatic rings. The molecule has 1 heterocycles. The minimum absolute atomic E-state index is 0.497. The topological polar surface area (TPSA) is 15.3 Å². The van der Waals surface area contributed by atoms with Crippen molar-refractivity contribution in [2.24, 2.45) is 0 Å². The van der Waals surface area contributed by atoms with Crippen LogP contribution in [0.15, 0.2) is 18.2 Å². The van der Waals surface area contributed by atoms with E-state index in [4.69, 9.17) is 0 Å². The first-order valence-corrected chi connectivity index (χ1v) is 6.29. The van der Waals surface area contributed by atoms with Gasteiger partial charge in [-0.3, -0.25) is 0 Å². The van der Waals surface area contributed by atoms with Gasteiger partial charge in [0.2, 0.25) is 0 Å². The molecule has 2 heteroatoms. The molecule has 2 nitrogen and oxygen atoms in total. The van der Waals surface area contributed by atoms with Gasteiger partial charge in [-0.1, -0.05) is 0 Å². The van der Waals surface area contributed by atoms with Gasteiger partial charge in [0.25, 0.3) is 0 Å². The van der Waals surface area contributed by atoms with Crippen LogP contribution in [0.25, 0.3) is 0 Å². The minimum Gasteiger partial charge on any atom is -0.383 e. The standard InChI is InChI=1S/C14H22N2/c1-11(2)15-14-7-6-13(10-12(14)3)16-8-4-5-9-16/h6-7,10-11,15H,4-5,8-9H2,1-3H3. The Balaban J connectivity index is 2.15. The van der Waals surface area contributed by atoms with Gasteiger partial charge >= 0.3 is 0 Å². The molecule has 0 atom stereocenters. The Morgan fingerprint density at radius 2 is 1.88 bits per heavy atom. The van der Waals surface area contributed by atoms with Crippen molar-refractivity contribution in [2.45, 2.75) is 39.7 Å². The van der Waals surface area contributed by atoms with E-state index in [0.29, 0.717) is 6.04 Å². The lowest BCUT2D eigenvalue weighted by Crippen LogP contribution is -2.18. The van der Waals surface area contributed by atoms with Crippen LogP contribution >= 0.6 is 0 Å². The molecule has 1 aromatic carbocycles. The highest BCUT2D eigenvalue weighted by Crippen LogP contribution is 2.25. The lowest BCUT2D eigenvalue weighted by atomic mass is 10.1. The van der Waals surface area contributed by atoms with Gasteiger partial charge in [0.05, 0.1) is 0 Å². The number of benzene rings is 1. The fourth-order valence-corrected chi connectivity index (χ4v) is 2.29. The lowest BCUT2D eigenvalue weighted by Gasteiger charge is -2.20. The molecule has 0 bridgehead atoms. The second-order valence-corrected chi connectivity index (χ2v) is 4.99. The molecular formula is C14H22N2. The maximum absolute atomic E-state index is 3.47. The summed E-state index contributed by atoms with van der Waals surface area (Å²) < 4.78 is 0. The molecule has 0 aliphatic carbocycles. The molecule has 0 unspecified atom stereocenters. The summed E-state index contributed by atoms with van der Waals surface area (Å²) in [6, 6.07) is 7.25. The van der Waals surface area contributed by atoms with Crippen molar-refractivity contribution in [3.8, 4) is 0 Å².